The summed E-state index contributed by atoms with van der Waals surface area (Å²) in [4.78, 5) is 0. The van der Waals surface area contributed by atoms with Gasteiger partial charge in [-0.05, 0) is 34.4 Å². The molecule has 26 heavy (non-hydrogen) atoms. The van der Waals surface area contributed by atoms with Crippen molar-refractivity contribution < 1.29 is 27.0 Å². The van der Waals surface area contributed by atoms with E-state index < -0.39 is 24.7 Å². The van der Waals surface area contributed by atoms with Gasteiger partial charge in [-0.3, -0.25) is 0 Å². The molecule has 0 heterocycles. The van der Waals surface area contributed by atoms with Gasteiger partial charge >= 0.3 is 13.2 Å². The summed E-state index contributed by atoms with van der Waals surface area (Å²) in [5, 5.41) is 1.05. The van der Waals surface area contributed by atoms with Crippen molar-refractivity contribution in [3.05, 3.63) is 47.8 Å². The zero-order valence-electron chi connectivity index (χ0n) is 14.3. The van der Waals surface area contributed by atoms with Gasteiger partial charge in [-0.25, -0.2) is 0 Å². The van der Waals surface area contributed by atoms with Gasteiger partial charge in [0, 0.05) is 17.8 Å². The summed E-state index contributed by atoms with van der Waals surface area (Å²) in [6.45, 7) is -2.40. The number of allylic oxidation sites excluding steroid dienone is 1. The van der Waals surface area contributed by atoms with Crippen molar-refractivity contribution in [3.8, 4) is 11.5 Å². The van der Waals surface area contributed by atoms with E-state index in [1.165, 1.54) is 18.3 Å². The molecule has 0 amide bonds. The van der Waals surface area contributed by atoms with Crippen LogP contribution in [0, 0.1) is 5.92 Å². The van der Waals surface area contributed by atoms with Crippen molar-refractivity contribution in [3.63, 3.8) is 0 Å². The number of halogens is 4. The molecule has 0 radical (unpaired) electrons. The molecule has 0 bridgehead atoms. The Balaban J connectivity index is 2.57. The third-order valence-electron chi connectivity index (χ3n) is 3.94. The fourth-order valence-electron chi connectivity index (χ4n) is 2.91. The van der Waals surface area contributed by atoms with Gasteiger partial charge in [0.1, 0.15) is 0 Å². The number of fused-ring (bicyclic) bond motifs is 1. The van der Waals surface area contributed by atoms with E-state index in [0.717, 1.165) is 5.56 Å². The third kappa shape index (κ3) is 4.50. The van der Waals surface area contributed by atoms with Crippen molar-refractivity contribution in [2.75, 3.05) is 0 Å². The summed E-state index contributed by atoms with van der Waals surface area (Å²) >= 11 is 0. The van der Waals surface area contributed by atoms with Gasteiger partial charge in [0.15, 0.2) is 11.5 Å². The molecule has 0 aliphatic carbocycles. The minimum atomic E-state index is -3.17. The maximum absolute atomic E-state index is 12.6. The van der Waals surface area contributed by atoms with Crippen LogP contribution in [0.4, 0.5) is 17.6 Å². The summed E-state index contributed by atoms with van der Waals surface area (Å²) in [5.74, 6) is -0.970. The minimum Gasteiger partial charge on any atom is -0.431 e. The lowest BCUT2D eigenvalue weighted by molar-refractivity contribution is -0.0690. The number of hydrogen-bond acceptors (Lipinski definition) is 4. The van der Waals surface area contributed by atoms with E-state index in [2.05, 4.69) is 9.47 Å². The largest absolute Gasteiger partial charge is 0.431 e. The first-order valence-electron chi connectivity index (χ1n) is 7.87. The molecule has 0 saturated heterocycles. The molecule has 2 rings (SSSR count). The number of alkyl halides is 4. The monoisotopic (exact) mass is 372 g/mol. The van der Waals surface area contributed by atoms with Crippen LogP contribution in [0.2, 0.25) is 0 Å². The van der Waals surface area contributed by atoms with E-state index in [1.54, 1.807) is 18.2 Å². The third-order valence-corrected chi connectivity index (χ3v) is 3.94. The normalized spacial score (nSPS) is 13.7. The van der Waals surface area contributed by atoms with Gasteiger partial charge in [-0.1, -0.05) is 32.0 Å². The van der Waals surface area contributed by atoms with Crippen molar-refractivity contribution in [2.45, 2.75) is 33.0 Å². The van der Waals surface area contributed by atoms with Gasteiger partial charge in [0.05, 0.1) is 0 Å². The maximum atomic E-state index is 12.6. The quantitative estimate of drug-likeness (QED) is 0.700. The Labute approximate surface area is 148 Å². The first-order valence-corrected chi connectivity index (χ1v) is 7.87. The SMILES string of the molecule is CC(C)C(/C(N)=C/N)c1ccc2cc(OC(F)F)c(OC(F)F)cc2c1. The Hall–Kier alpha value is -2.64. The molecule has 2 aromatic rings. The second kappa shape index (κ2) is 8.16. The Bertz CT molecular complexity index is 794. The van der Waals surface area contributed by atoms with Crippen LogP contribution in [0.25, 0.3) is 10.8 Å². The Morgan fingerprint density at radius 3 is 1.92 bits per heavy atom. The van der Waals surface area contributed by atoms with Crippen molar-refractivity contribution in [1.29, 1.82) is 0 Å². The Morgan fingerprint density at radius 1 is 0.923 bits per heavy atom. The molecule has 0 spiro atoms. The summed E-state index contributed by atoms with van der Waals surface area (Å²) in [5.41, 5.74) is 12.8. The van der Waals surface area contributed by atoms with Gasteiger partial charge in [0.25, 0.3) is 0 Å². The molecule has 0 saturated carbocycles. The van der Waals surface area contributed by atoms with Gasteiger partial charge in [-0.2, -0.15) is 17.6 Å². The first-order chi connectivity index (χ1) is 12.2. The van der Waals surface area contributed by atoms with Crippen LogP contribution >= 0.6 is 0 Å². The highest BCUT2D eigenvalue weighted by Gasteiger charge is 2.20. The fraction of sp³-hybridized carbons (Fsp3) is 0.333. The average molecular weight is 372 g/mol. The fourth-order valence-corrected chi connectivity index (χ4v) is 2.91. The lowest BCUT2D eigenvalue weighted by Gasteiger charge is -2.22. The second-order valence-corrected chi connectivity index (χ2v) is 6.05. The minimum absolute atomic E-state index is 0.130. The lowest BCUT2D eigenvalue weighted by atomic mass is 9.85. The molecule has 4 nitrogen and oxygen atoms in total. The van der Waals surface area contributed by atoms with Crippen LogP contribution in [0.3, 0.4) is 0 Å². The smallest absolute Gasteiger partial charge is 0.387 e. The van der Waals surface area contributed by atoms with Crippen LogP contribution in [-0.2, 0) is 0 Å². The molecule has 2 aromatic carbocycles. The zero-order chi connectivity index (χ0) is 19.4. The topological polar surface area (TPSA) is 70.5 Å². The number of rotatable bonds is 7. The van der Waals surface area contributed by atoms with Gasteiger partial charge in [-0.15, -0.1) is 0 Å². The average Bonchev–Trinajstić information content (AvgIpc) is 2.54. The molecular formula is C18H20F4N2O2. The molecule has 0 aromatic heterocycles. The number of hydrogen-bond donors (Lipinski definition) is 2. The first kappa shape index (κ1) is 19.7. The Morgan fingerprint density at radius 2 is 1.46 bits per heavy atom. The predicted octanol–water partition coefficient (Wildman–Crippen LogP) is 4.54. The van der Waals surface area contributed by atoms with E-state index in [-0.39, 0.29) is 11.8 Å². The van der Waals surface area contributed by atoms with Crippen LogP contribution in [-0.4, -0.2) is 13.2 Å². The van der Waals surface area contributed by atoms with Crippen LogP contribution in [0.1, 0.15) is 25.3 Å². The highest BCUT2D eigenvalue weighted by Crippen LogP contribution is 2.37. The van der Waals surface area contributed by atoms with E-state index in [1.807, 2.05) is 13.8 Å². The van der Waals surface area contributed by atoms with E-state index >= 15 is 0 Å². The summed E-state index contributed by atoms with van der Waals surface area (Å²) in [7, 11) is 0. The lowest BCUT2D eigenvalue weighted by Crippen LogP contribution is -2.17. The van der Waals surface area contributed by atoms with Crippen LogP contribution in [0.5, 0.6) is 11.5 Å². The molecule has 142 valence electrons. The number of ether oxygens (including phenoxy) is 2. The standard InChI is InChI=1S/C18H20F4N2O2/c1-9(2)16(13(24)8-23)11-4-3-10-6-14(25-17(19)20)15(26-18(21)22)7-12(10)5-11/h3-9,16-18H,23-24H2,1-2H3/b13-8-. The maximum Gasteiger partial charge on any atom is 0.387 e. The molecular weight excluding hydrogens is 352 g/mol. The highest BCUT2D eigenvalue weighted by atomic mass is 19.3. The predicted molar refractivity (Wildman–Crippen MR) is 91.2 cm³/mol. The number of nitrogens with two attached hydrogens (primary N) is 2. The number of benzene rings is 2. The summed E-state index contributed by atoms with van der Waals surface area (Å²) in [6.07, 6.45) is 1.32. The highest BCUT2D eigenvalue weighted by molar-refractivity contribution is 5.87. The van der Waals surface area contributed by atoms with Gasteiger partial charge < -0.3 is 20.9 Å². The molecule has 1 atom stereocenters. The zero-order valence-corrected chi connectivity index (χ0v) is 14.3. The summed E-state index contributed by atoms with van der Waals surface area (Å²) in [6, 6.07) is 7.66. The molecule has 0 aliphatic rings. The van der Waals surface area contributed by atoms with Crippen molar-refractivity contribution in [1.82, 2.24) is 0 Å². The molecule has 1 unspecified atom stereocenters. The van der Waals surface area contributed by atoms with Gasteiger partial charge in [0.2, 0.25) is 0 Å². The van der Waals surface area contributed by atoms with Crippen molar-refractivity contribution >= 4 is 10.8 Å². The van der Waals surface area contributed by atoms with E-state index in [4.69, 9.17) is 11.5 Å². The molecule has 0 aliphatic heterocycles. The van der Waals surface area contributed by atoms with E-state index in [9.17, 15) is 17.6 Å². The molecule has 0 fully saturated rings. The van der Waals surface area contributed by atoms with E-state index in [0.29, 0.717) is 16.5 Å². The Kier molecular flexibility index (Phi) is 6.18. The van der Waals surface area contributed by atoms with Crippen LogP contribution < -0.4 is 20.9 Å². The van der Waals surface area contributed by atoms with Crippen LogP contribution in [0.15, 0.2) is 42.2 Å². The second-order valence-electron chi connectivity index (χ2n) is 6.05. The van der Waals surface area contributed by atoms with Crippen molar-refractivity contribution in [2.24, 2.45) is 17.4 Å². The molecule has 8 heteroatoms. The molecule has 4 N–H and O–H groups in total. The summed E-state index contributed by atoms with van der Waals surface area (Å²) < 4.78 is 58.9.